The van der Waals surface area contributed by atoms with Crippen molar-refractivity contribution in [3.8, 4) is 16.9 Å². The van der Waals surface area contributed by atoms with Crippen molar-refractivity contribution in [2.24, 2.45) is 17.3 Å². The van der Waals surface area contributed by atoms with Gasteiger partial charge < -0.3 is 14.7 Å². The Bertz CT molecular complexity index is 1070. The first-order valence-electron chi connectivity index (χ1n) is 13.3. The topological polar surface area (TPSA) is 53.0 Å². The molecule has 5 heteroatoms. The van der Waals surface area contributed by atoms with E-state index in [1.165, 1.54) is 16.7 Å². The zero-order valence-electron chi connectivity index (χ0n) is 21.7. The first kappa shape index (κ1) is 24.2. The van der Waals surface area contributed by atoms with Gasteiger partial charge in [-0.3, -0.25) is 4.90 Å². The number of ether oxygens (including phenoxy) is 1. The minimum absolute atomic E-state index is 0.0830. The minimum Gasteiger partial charge on any atom is -0.493 e. The van der Waals surface area contributed by atoms with Crippen LogP contribution in [0.25, 0.3) is 11.1 Å². The zero-order chi connectivity index (χ0) is 24.7. The largest absolute Gasteiger partial charge is 0.493 e. The first-order chi connectivity index (χ1) is 16.7. The highest BCUT2D eigenvalue weighted by Crippen LogP contribution is 2.50. The van der Waals surface area contributed by atoms with Crippen LogP contribution in [0.2, 0.25) is 0 Å². The summed E-state index contributed by atoms with van der Waals surface area (Å²) in [5, 5.41) is 10.5. The number of fused-ring (bicyclic) bond motifs is 4. The number of carbonyl (C=O) groups is 1. The quantitative estimate of drug-likeness (QED) is 0.519. The number of amides is 1. The number of hydrogen-bond acceptors (Lipinski definition) is 3. The summed E-state index contributed by atoms with van der Waals surface area (Å²) in [5.74, 6) is 1.86. The van der Waals surface area contributed by atoms with E-state index in [0.717, 1.165) is 56.6 Å². The molecule has 3 aliphatic heterocycles. The maximum Gasteiger partial charge on any atom is 0.408 e. The van der Waals surface area contributed by atoms with E-state index >= 15 is 0 Å². The molecular formula is C30H40N2O3. The van der Waals surface area contributed by atoms with E-state index in [4.69, 9.17) is 4.74 Å². The van der Waals surface area contributed by atoms with E-state index in [1.54, 1.807) is 0 Å². The fourth-order valence-electron chi connectivity index (χ4n) is 6.53. The lowest BCUT2D eigenvalue weighted by molar-refractivity contribution is -0.0352. The predicted molar refractivity (Wildman–Crippen MR) is 140 cm³/mol. The third-order valence-corrected chi connectivity index (χ3v) is 8.45. The molecule has 5 nitrogen and oxygen atoms in total. The Morgan fingerprint density at radius 1 is 1.14 bits per heavy atom. The van der Waals surface area contributed by atoms with Gasteiger partial charge in [0.15, 0.2) is 0 Å². The van der Waals surface area contributed by atoms with Gasteiger partial charge in [0.25, 0.3) is 0 Å². The van der Waals surface area contributed by atoms with Crippen LogP contribution in [0, 0.1) is 17.3 Å². The molecule has 0 saturated carbocycles. The lowest BCUT2D eigenvalue weighted by Crippen LogP contribution is -2.61. The molecule has 35 heavy (non-hydrogen) atoms. The second kappa shape index (κ2) is 9.50. The van der Waals surface area contributed by atoms with Crippen LogP contribution in [0.15, 0.2) is 42.5 Å². The number of benzene rings is 2. The summed E-state index contributed by atoms with van der Waals surface area (Å²) in [7, 11) is 0. The molecule has 1 N–H and O–H groups in total. The van der Waals surface area contributed by atoms with Crippen LogP contribution in [0.3, 0.4) is 0 Å². The van der Waals surface area contributed by atoms with Crippen LogP contribution < -0.4 is 4.74 Å². The van der Waals surface area contributed by atoms with Gasteiger partial charge in [-0.25, -0.2) is 4.79 Å². The molecule has 2 aromatic rings. The highest BCUT2D eigenvalue weighted by Gasteiger charge is 2.48. The molecule has 2 aromatic carbocycles. The zero-order valence-corrected chi connectivity index (χ0v) is 21.7. The van der Waals surface area contributed by atoms with Crippen LogP contribution in [0.5, 0.6) is 5.75 Å². The van der Waals surface area contributed by atoms with Crippen molar-refractivity contribution in [2.45, 2.75) is 65.5 Å². The number of piperidine rings is 3. The van der Waals surface area contributed by atoms with Crippen molar-refractivity contribution in [3.63, 3.8) is 0 Å². The molecule has 3 fully saturated rings. The van der Waals surface area contributed by atoms with Crippen LogP contribution >= 0.6 is 0 Å². The molecule has 6 rings (SSSR count). The van der Waals surface area contributed by atoms with Crippen molar-refractivity contribution in [3.05, 3.63) is 53.6 Å². The number of carboxylic acid groups (broad SMARTS) is 1. The molecule has 3 heterocycles. The van der Waals surface area contributed by atoms with E-state index in [2.05, 4.69) is 69.0 Å². The SMILES string of the molecule is CC(C)COc1cccc(-c2ccc3c(c2)CCC(C)(C)[C@H]3N(C(=O)O)[C@@H]2CN3CCC2CC3)c1. The molecule has 2 bridgehead atoms. The lowest BCUT2D eigenvalue weighted by Gasteiger charge is -2.54. The summed E-state index contributed by atoms with van der Waals surface area (Å²) >= 11 is 0. The third kappa shape index (κ3) is 4.80. The normalized spacial score (nSPS) is 26.9. The van der Waals surface area contributed by atoms with Crippen molar-refractivity contribution in [1.82, 2.24) is 9.80 Å². The molecular weight excluding hydrogens is 436 g/mol. The smallest absolute Gasteiger partial charge is 0.408 e. The average molecular weight is 477 g/mol. The fourth-order valence-corrected chi connectivity index (χ4v) is 6.53. The molecule has 0 aromatic heterocycles. The van der Waals surface area contributed by atoms with Crippen molar-refractivity contribution >= 4 is 6.09 Å². The standard InChI is InChI=1S/C30H40N2O3/c1-20(2)19-35-25-7-5-6-22(17-25)23-8-9-26-24(16-23)10-13-30(3,4)28(26)32(29(33)34)27-18-31-14-11-21(27)12-15-31/h5-9,16-17,20-21,27-28H,10-15,18-19H2,1-4H3,(H,33,34)/t27-,28+/m1/s1. The highest BCUT2D eigenvalue weighted by atomic mass is 16.5. The summed E-state index contributed by atoms with van der Waals surface area (Å²) in [6, 6.07) is 14.9. The van der Waals surface area contributed by atoms with Gasteiger partial charge in [0.1, 0.15) is 5.75 Å². The molecule has 0 radical (unpaired) electrons. The van der Waals surface area contributed by atoms with E-state index in [0.29, 0.717) is 18.4 Å². The molecule has 3 saturated heterocycles. The Morgan fingerprint density at radius 3 is 2.54 bits per heavy atom. The van der Waals surface area contributed by atoms with Crippen LogP contribution in [0.4, 0.5) is 4.79 Å². The second-order valence-corrected chi connectivity index (χ2v) is 11.9. The monoisotopic (exact) mass is 476 g/mol. The van der Waals surface area contributed by atoms with Gasteiger partial charge in [0.2, 0.25) is 0 Å². The summed E-state index contributed by atoms with van der Waals surface area (Å²) in [6.07, 6.45) is 3.42. The van der Waals surface area contributed by atoms with Crippen LogP contribution in [-0.2, 0) is 6.42 Å². The van der Waals surface area contributed by atoms with Gasteiger partial charge in [0, 0.05) is 6.54 Å². The molecule has 1 amide bonds. The predicted octanol–water partition coefficient (Wildman–Crippen LogP) is 6.48. The Balaban J connectivity index is 1.48. The maximum absolute atomic E-state index is 12.8. The van der Waals surface area contributed by atoms with E-state index in [-0.39, 0.29) is 17.5 Å². The Hall–Kier alpha value is -2.53. The Labute approximate surface area is 210 Å². The summed E-state index contributed by atoms with van der Waals surface area (Å²) in [4.78, 5) is 17.1. The van der Waals surface area contributed by atoms with Crippen molar-refractivity contribution < 1.29 is 14.6 Å². The van der Waals surface area contributed by atoms with E-state index < -0.39 is 6.09 Å². The summed E-state index contributed by atoms with van der Waals surface area (Å²) in [5.41, 5.74) is 4.68. The van der Waals surface area contributed by atoms with E-state index in [9.17, 15) is 9.90 Å². The van der Waals surface area contributed by atoms with Crippen LogP contribution in [-0.4, -0.2) is 53.3 Å². The molecule has 0 unspecified atom stereocenters. The second-order valence-electron chi connectivity index (χ2n) is 11.9. The number of aryl methyl sites for hydroxylation is 1. The molecule has 4 aliphatic rings. The molecule has 0 spiro atoms. The first-order valence-corrected chi connectivity index (χ1v) is 13.3. The van der Waals surface area contributed by atoms with Gasteiger partial charge in [-0.1, -0.05) is 58.0 Å². The summed E-state index contributed by atoms with van der Waals surface area (Å²) < 4.78 is 5.96. The van der Waals surface area contributed by atoms with E-state index in [1.807, 2.05) is 11.0 Å². The van der Waals surface area contributed by atoms with Gasteiger partial charge >= 0.3 is 6.09 Å². The highest BCUT2D eigenvalue weighted by molar-refractivity contribution is 5.69. The molecule has 1 aliphatic carbocycles. The van der Waals surface area contributed by atoms with Crippen molar-refractivity contribution in [1.29, 1.82) is 0 Å². The number of rotatable bonds is 6. The average Bonchev–Trinajstić information content (AvgIpc) is 2.85. The van der Waals surface area contributed by atoms with Gasteiger partial charge in [0.05, 0.1) is 18.7 Å². The molecule has 188 valence electrons. The third-order valence-electron chi connectivity index (χ3n) is 8.45. The van der Waals surface area contributed by atoms with Crippen LogP contribution in [0.1, 0.15) is 64.1 Å². The minimum atomic E-state index is -0.770. The Morgan fingerprint density at radius 2 is 1.89 bits per heavy atom. The van der Waals surface area contributed by atoms with Crippen molar-refractivity contribution in [2.75, 3.05) is 26.2 Å². The Kier molecular flexibility index (Phi) is 6.56. The summed E-state index contributed by atoms with van der Waals surface area (Å²) in [6.45, 7) is 12.6. The molecule has 2 atom stereocenters. The number of nitrogens with zero attached hydrogens (tertiary/aromatic N) is 2. The number of hydrogen-bond donors (Lipinski definition) is 1. The van der Waals surface area contributed by atoms with Gasteiger partial charge in [-0.2, -0.15) is 0 Å². The maximum atomic E-state index is 12.8. The lowest BCUT2D eigenvalue weighted by atomic mass is 9.68. The van der Waals surface area contributed by atoms with Gasteiger partial charge in [-0.15, -0.1) is 0 Å². The fraction of sp³-hybridized carbons (Fsp3) is 0.567. The van der Waals surface area contributed by atoms with Gasteiger partial charge in [-0.05, 0) is 90.4 Å².